The molecule has 4 rings (SSSR count). The van der Waals surface area contributed by atoms with Gasteiger partial charge in [-0.1, -0.05) is 15.9 Å². The Bertz CT molecular complexity index is 787. The Hall–Kier alpha value is -1.31. The number of aromatic nitrogens is 2. The SMILES string of the molecule is C1CSCN1.O=c1[nH]cnc2c1oc1ccc(Br)cc12. The minimum Gasteiger partial charge on any atom is -0.449 e. The van der Waals surface area contributed by atoms with Crippen molar-refractivity contribution in [1.29, 1.82) is 0 Å². The highest BCUT2D eigenvalue weighted by atomic mass is 79.9. The molecule has 1 fully saturated rings. The van der Waals surface area contributed by atoms with E-state index < -0.39 is 0 Å². The Morgan fingerprint density at radius 2 is 2.30 bits per heavy atom. The molecule has 0 spiro atoms. The summed E-state index contributed by atoms with van der Waals surface area (Å²) in [6.07, 6.45) is 1.38. The van der Waals surface area contributed by atoms with Gasteiger partial charge in [-0.2, -0.15) is 0 Å². The van der Waals surface area contributed by atoms with Gasteiger partial charge in [0.15, 0.2) is 0 Å². The topological polar surface area (TPSA) is 70.9 Å². The maximum Gasteiger partial charge on any atom is 0.294 e. The van der Waals surface area contributed by atoms with Crippen LogP contribution in [0.5, 0.6) is 0 Å². The van der Waals surface area contributed by atoms with Crippen LogP contribution in [0.4, 0.5) is 0 Å². The first kappa shape index (κ1) is 13.7. The van der Waals surface area contributed by atoms with Gasteiger partial charge in [-0.3, -0.25) is 4.79 Å². The van der Waals surface area contributed by atoms with Crippen LogP contribution < -0.4 is 10.9 Å². The van der Waals surface area contributed by atoms with Crippen LogP contribution in [0.3, 0.4) is 0 Å². The Morgan fingerprint density at radius 3 is 3.00 bits per heavy atom. The van der Waals surface area contributed by atoms with E-state index in [1.165, 1.54) is 24.5 Å². The van der Waals surface area contributed by atoms with E-state index in [0.29, 0.717) is 11.1 Å². The largest absolute Gasteiger partial charge is 0.449 e. The quantitative estimate of drug-likeness (QED) is 0.650. The zero-order valence-corrected chi connectivity index (χ0v) is 12.9. The van der Waals surface area contributed by atoms with E-state index in [2.05, 4.69) is 31.2 Å². The van der Waals surface area contributed by atoms with Crippen LogP contribution in [-0.4, -0.2) is 28.1 Å². The smallest absolute Gasteiger partial charge is 0.294 e. The molecule has 0 unspecified atom stereocenters. The van der Waals surface area contributed by atoms with Gasteiger partial charge in [0.25, 0.3) is 5.56 Å². The van der Waals surface area contributed by atoms with Crippen molar-refractivity contribution in [1.82, 2.24) is 15.3 Å². The Morgan fingerprint density at radius 1 is 1.40 bits per heavy atom. The van der Waals surface area contributed by atoms with Gasteiger partial charge in [-0.15, -0.1) is 11.8 Å². The number of fused-ring (bicyclic) bond motifs is 3. The minimum atomic E-state index is -0.257. The number of halogens is 1. The van der Waals surface area contributed by atoms with Gasteiger partial charge >= 0.3 is 0 Å². The van der Waals surface area contributed by atoms with E-state index in [-0.39, 0.29) is 11.1 Å². The summed E-state index contributed by atoms with van der Waals surface area (Å²) in [4.78, 5) is 18.0. The molecule has 7 heteroatoms. The highest BCUT2D eigenvalue weighted by Gasteiger charge is 2.10. The number of hydrogen-bond donors (Lipinski definition) is 2. The molecule has 20 heavy (non-hydrogen) atoms. The van der Waals surface area contributed by atoms with Crippen molar-refractivity contribution in [2.75, 3.05) is 18.2 Å². The molecule has 1 aromatic carbocycles. The summed E-state index contributed by atoms with van der Waals surface area (Å²) in [6, 6.07) is 5.55. The molecule has 0 atom stereocenters. The average Bonchev–Trinajstić information content (AvgIpc) is 3.10. The Kier molecular flexibility index (Phi) is 4.09. The normalized spacial score (nSPS) is 14.4. The predicted molar refractivity (Wildman–Crippen MR) is 85.2 cm³/mol. The fraction of sp³-hybridized carbons (Fsp3) is 0.231. The molecule has 0 aliphatic carbocycles. The van der Waals surface area contributed by atoms with E-state index in [9.17, 15) is 4.79 Å². The first-order valence-corrected chi connectivity index (χ1v) is 8.04. The van der Waals surface area contributed by atoms with Crippen molar-refractivity contribution in [2.24, 2.45) is 0 Å². The molecular weight excluding hydrogens is 342 g/mol. The van der Waals surface area contributed by atoms with Gasteiger partial charge in [0.05, 0.1) is 6.33 Å². The number of nitrogens with zero attached hydrogens (tertiary/aromatic N) is 1. The summed E-state index contributed by atoms with van der Waals surface area (Å²) in [5.41, 5.74) is 1.27. The summed E-state index contributed by atoms with van der Waals surface area (Å²) in [6.45, 7) is 1.21. The number of nitrogens with one attached hydrogen (secondary N) is 2. The molecule has 1 aliphatic rings. The van der Waals surface area contributed by atoms with Crippen molar-refractivity contribution in [2.45, 2.75) is 0 Å². The lowest BCUT2D eigenvalue weighted by atomic mass is 10.2. The van der Waals surface area contributed by atoms with Crippen LogP contribution in [0.2, 0.25) is 0 Å². The molecule has 3 aromatic rings. The lowest BCUT2D eigenvalue weighted by Gasteiger charge is -1.88. The fourth-order valence-electron chi connectivity index (χ4n) is 1.92. The zero-order chi connectivity index (χ0) is 13.9. The van der Waals surface area contributed by atoms with Crippen LogP contribution >= 0.6 is 27.7 Å². The molecule has 5 nitrogen and oxygen atoms in total. The number of hydrogen-bond acceptors (Lipinski definition) is 5. The number of benzene rings is 1. The number of thioether (sulfide) groups is 1. The summed E-state index contributed by atoms with van der Waals surface area (Å²) < 4.78 is 6.34. The van der Waals surface area contributed by atoms with Crippen molar-refractivity contribution in [3.05, 3.63) is 39.4 Å². The van der Waals surface area contributed by atoms with Gasteiger partial charge < -0.3 is 14.7 Å². The average molecular weight is 354 g/mol. The summed E-state index contributed by atoms with van der Waals surface area (Å²) in [7, 11) is 0. The Labute approximate surface area is 127 Å². The summed E-state index contributed by atoms with van der Waals surface area (Å²) in [5, 5.41) is 4.02. The highest BCUT2D eigenvalue weighted by molar-refractivity contribution is 9.10. The van der Waals surface area contributed by atoms with Crippen molar-refractivity contribution >= 4 is 49.8 Å². The maximum absolute atomic E-state index is 11.4. The van der Waals surface area contributed by atoms with E-state index in [0.717, 1.165) is 9.86 Å². The predicted octanol–water partition coefficient (Wildman–Crippen LogP) is 2.71. The van der Waals surface area contributed by atoms with Gasteiger partial charge in [0.1, 0.15) is 11.1 Å². The van der Waals surface area contributed by atoms with Crippen molar-refractivity contribution in [3.8, 4) is 0 Å². The van der Waals surface area contributed by atoms with Gasteiger partial charge in [-0.05, 0) is 18.2 Å². The second kappa shape index (κ2) is 5.99. The first-order valence-electron chi connectivity index (χ1n) is 6.09. The standard InChI is InChI=1S/C10H5BrN2O2.C3H7NS/c11-5-1-2-7-6(3-5)8-9(15-7)10(14)13-4-12-8;1-2-5-3-4-1/h1-4H,(H,12,13,14);4H,1-3H2. The molecule has 104 valence electrons. The highest BCUT2D eigenvalue weighted by Crippen LogP contribution is 2.27. The maximum atomic E-state index is 11.4. The zero-order valence-electron chi connectivity index (χ0n) is 10.5. The van der Waals surface area contributed by atoms with Crippen LogP contribution in [0.1, 0.15) is 0 Å². The number of rotatable bonds is 0. The van der Waals surface area contributed by atoms with Gasteiger partial charge in [-0.25, -0.2) is 4.98 Å². The second-order valence-electron chi connectivity index (χ2n) is 4.20. The van der Waals surface area contributed by atoms with E-state index in [1.54, 1.807) is 6.07 Å². The fourth-order valence-corrected chi connectivity index (χ4v) is 3.00. The van der Waals surface area contributed by atoms with Crippen LogP contribution in [0.25, 0.3) is 22.1 Å². The lowest BCUT2D eigenvalue weighted by Crippen LogP contribution is -2.04. The van der Waals surface area contributed by atoms with E-state index in [1.807, 2.05) is 23.9 Å². The molecule has 0 bridgehead atoms. The van der Waals surface area contributed by atoms with Crippen LogP contribution in [0, 0.1) is 0 Å². The number of aromatic amines is 1. The second-order valence-corrected chi connectivity index (χ2v) is 6.23. The molecule has 1 aliphatic heterocycles. The Balaban J connectivity index is 0.000000205. The van der Waals surface area contributed by atoms with Gasteiger partial charge in [0.2, 0.25) is 5.58 Å². The number of H-pyrrole nitrogens is 1. The third kappa shape index (κ3) is 2.74. The minimum absolute atomic E-state index is 0.257. The van der Waals surface area contributed by atoms with Gasteiger partial charge in [0, 0.05) is 28.0 Å². The lowest BCUT2D eigenvalue weighted by molar-refractivity contribution is 0.661. The molecule has 1 saturated heterocycles. The van der Waals surface area contributed by atoms with E-state index >= 15 is 0 Å². The van der Waals surface area contributed by atoms with Crippen molar-refractivity contribution in [3.63, 3.8) is 0 Å². The molecule has 0 saturated carbocycles. The molecule has 0 amide bonds. The monoisotopic (exact) mass is 353 g/mol. The van der Waals surface area contributed by atoms with Crippen LogP contribution in [0.15, 0.2) is 38.2 Å². The van der Waals surface area contributed by atoms with E-state index in [4.69, 9.17) is 4.42 Å². The first-order chi connectivity index (χ1) is 9.75. The molecule has 0 radical (unpaired) electrons. The summed E-state index contributed by atoms with van der Waals surface area (Å²) in [5.74, 6) is 2.47. The summed E-state index contributed by atoms with van der Waals surface area (Å²) >= 11 is 5.33. The molecular formula is C13H12BrN3O2S. The molecule has 3 heterocycles. The van der Waals surface area contributed by atoms with Crippen molar-refractivity contribution < 1.29 is 4.42 Å². The van der Waals surface area contributed by atoms with Crippen LogP contribution in [-0.2, 0) is 0 Å². The number of furan rings is 1. The third-order valence-corrected chi connectivity index (χ3v) is 4.24. The third-order valence-electron chi connectivity index (χ3n) is 2.85. The molecule has 2 N–H and O–H groups in total. The molecule has 2 aromatic heterocycles.